The Morgan fingerprint density at radius 1 is 1.44 bits per heavy atom. The van der Waals surface area contributed by atoms with Crippen LogP contribution in [0.25, 0.3) is 0 Å². The average Bonchev–Trinajstić information content (AvgIpc) is 2.37. The summed E-state index contributed by atoms with van der Waals surface area (Å²) in [6, 6.07) is 4.18. The Balaban J connectivity index is 2.76. The summed E-state index contributed by atoms with van der Waals surface area (Å²) in [6.07, 6.45) is 0. The number of hydrogen-bond acceptors (Lipinski definition) is 3. The molecule has 1 atom stereocenters. The lowest BCUT2D eigenvalue weighted by Crippen LogP contribution is -2.37. The highest BCUT2D eigenvalue weighted by Gasteiger charge is 2.20. The number of rotatable bonds is 5. The number of benzene rings is 1. The van der Waals surface area contributed by atoms with Crippen molar-refractivity contribution in [3.63, 3.8) is 0 Å². The van der Waals surface area contributed by atoms with Crippen LogP contribution < -0.4 is 5.73 Å². The first kappa shape index (κ1) is 15.2. The molecule has 1 rings (SSSR count). The second-order valence-electron chi connectivity index (χ2n) is 3.90. The summed E-state index contributed by atoms with van der Waals surface area (Å²) in [7, 11) is 3.26. The molecule has 6 heteroatoms. The topological polar surface area (TPSA) is 55.6 Å². The Kier molecular flexibility index (Phi) is 5.88. The standard InChI is InChI=1S/C12H16Cl2N2O2/c1-16(5-6-18-2)12(17)11(15)8-3-4-9(13)10(14)7-8/h3-4,7,11H,5-6,15H2,1-2H3. The molecule has 2 N–H and O–H groups in total. The van der Waals surface area contributed by atoms with Crippen LogP contribution in [-0.2, 0) is 9.53 Å². The minimum atomic E-state index is -0.748. The van der Waals surface area contributed by atoms with Gasteiger partial charge < -0.3 is 15.4 Å². The minimum absolute atomic E-state index is 0.189. The molecule has 1 aromatic rings. The third-order valence-corrected chi connectivity index (χ3v) is 3.31. The van der Waals surface area contributed by atoms with Crippen LogP contribution in [0.15, 0.2) is 18.2 Å². The van der Waals surface area contributed by atoms with Crippen LogP contribution in [0.3, 0.4) is 0 Å². The van der Waals surface area contributed by atoms with E-state index in [1.165, 1.54) is 4.90 Å². The number of hydrogen-bond donors (Lipinski definition) is 1. The van der Waals surface area contributed by atoms with Gasteiger partial charge in [0.15, 0.2) is 0 Å². The summed E-state index contributed by atoms with van der Waals surface area (Å²) in [5.41, 5.74) is 6.53. The molecule has 18 heavy (non-hydrogen) atoms. The quantitative estimate of drug-likeness (QED) is 0.904. The maximum Gasteiger partial charge on any atom is 0.243 e. The highest BCUT2D eigenvalue weighted by Crippen LogP contribution is 2.25. The van der Waals surface area contributed by atoms with Gasteiger partial charge in [-0.2, -0.15) is 0 Å². The van der Waals surface area contributed by atoms with E-state index >= 15 is 0 Å². The Morgan fingerprint density at radius 2 is 2.11 bits per heavy atom. The van der Waals surface area contributed by atoms with Crippen LogP contribution in [0.1, 0.15) is 11.6 Å². The Hall–Kier alpha value is -0.810. The van der Waals surface area contributed by atoms with E-state index in [0.29, 0.717) is 28.8 Å². The lowest BCUT2D eigenvalue weighted by Gasteiger charge is -2.21. The van der Waals surface area contributed by atoms with Crippen LogP contribution in [0, 0.1) is 0 Å². The first-order valence-corrected chi connectivity index (χ1v) is 6.17. The second kappa shape index (κ2) is 6.95. The summed E-state index contributed by atoms with van der Waals surface area (Å²) in [6.45, 7) is 0.959. The second-order valence-corrected chi connectivity index (χ2v) is 4.72. The summed E-state index contributed by atoms with van der Waals surface area (Å²) in [4.78, 5) is 13.5. The maximum absolute atomic E-state index is 12.0. The molecule has 0 bridgehead atoms. The monoisotopic (exact) mass is 290 g/mol. The number of ether oxygens (including phenoxy) is 1. The molecule has 0 aliphatic heterocycles. The van der Waals surface area contributed by atoms with Crippen molar-refractivity contribution in [3.05, 3.63) is 33.8 Å². The van der Waals surface area contributed by atoms with Crippen molar-refractivity contribution in [1.29, 1.82) is 0 Å². The Bertz CT molecular complexity index is 427. The molecule has 1 amide bonds. The van der Waals surface area contributed by atoms with Gasteiger partial charge in [-0.3, -0.25) is 4.79 Å². The highest BCUT2D eigenvalue weighted by molar-refractivity contribution is 6.42. The molecule has 0 aliphatic carbocycles. The molecule has 0 saturated heterocycles. The number of carbonyl (C=O) groups is 1. The number of likely N-dealkylation sites (N-methyl/N-ethyl adjacent to an activating group) is 1. The third-order valence-electron chi connectivity index (χ3n) is 2.58. The first-order chi connectivity index (χ1) is 8.47. The SMILES string of the molecule is COCCN(C)C(=O)C(N)c1ccc(Cl)c(Cl)c1. The van der Waals surface area contributed by atoms with Gasteiger partial charge in [0.2, 0.25) is 5.91 Å². The molecule has 0 aliphatic rings. The molecule has 0 saturated carbocycles. The summed E-state index contributed by atoms with van der Waals surface area (Å²) >= 11 is 11.7. The summed E-state index contributed by atoms with van der Waals surface area (Å²) in [5.74, 6) is -0.189. The van der Waals surface area contributed by atoms with E-state index in [2.05, 4.69) is 0 Å². The lowest BCUT2D eigenvalue weighted by atomic mass is 10.1. The molecule has 1 unspecified atom stereocenters. The van der Waals surface area contributed by atoms with E-state index in [4.69, 9.17) is 33.7 Å². The van der Waals surface area contributed by atoms with E-state index in [1.54, 1.807) is 32.4 Å². The summed E-state index contributed by atoms with van der Waals surface area (Å²) < 4.78 is 4.91. The number of carbonyl (C=O) groups excluding carboxylic acids is 1. The lowest BCUT2D eigenvalue weighted by molar-refractivity contribution is -0.132. The molecule has 0 aromatic heterocycles. The van der Waals surface area contributed by atoms with Crippen molar-refractivity contribution in [1.82, 2.24) is 4.90 Å². The summed E-state index contributed by atoms with van der Waals surface area (Å²) in [5, 5.41) is 0.824. The number of nitrogens with zero attached hydrogens (tertiary/aromatic N) is 1. The highest BCUT2D eigenvalue weighted by atomic mass is 35.5. The molecule has 0 spiro atoms. The zero-order valence-electron chi connectivity index (χ0n) is 10.3. The van der Waals surface area contributed by atoms with Gasteiger partial charge in [-0.15, -0.1) is 0 Å². The van der Waals surface area contributed by atoms with E-state index in [-0.39, 0.29) is 5.91 Å². The predicted octanol–water partition coefficient (Wildman–Crippen LogP) is 2.10. The van der Waals surface area contributed by atoms with Gasteiger partial charge in [-0.05, 0) is 17.7 Å². The van der Waals surface area contributed by atoms with Gasteiger partial charge in [0, 0.05) is 20.7 Å². The number of methoxy groups -OCH3 is 1. The van der Waals surface area contributed by atoms with Crippen molar-refractivity contribution in [2.24, 2.45) is 5.73 Å². The van der Waals surface area contributed by atoms with Crippen molar-refractivity contribution in [2.75, 3.05) is 27.3 Å². The smallest absolute Gasteiger partial charge is 0.243 e. The van der Waals surface area contributed by atoms with Gasteiger partial charge in [-0.1, -0.05) is 29.3 Å². The van der Waals surface area contributed by atoms with Crippen LogP contribution in [-0.4, -0.2) is 38.1 Å². The number of amides is 1. The largest absolute Gasteiger partial charge is 0.383 e. The fourth-order valence-electron chi connectivity index (χ4n) is 1.42. The van der Waals surface area contributed by atoms with Crippen LogP contribution in [0.5, 0.6) is 0 Å². The van der Waals surface area contributed by atoms with Crippen molar-refractivity contribution in [3.8, 4) is 0 Å². The number of halogens is 2. The molecular formula is C12H16Cl2N2O2. The fourth-order valence-corrected chi connectivity index (χ4v) is 1.73. The normalized spacial score (nSPS) is 12.3. The van der Waals surface area contributed by atoms with Gasteiger partial charge in [0.25, 0.3) is 0 Å². The van der Waals surface area contributed by atoms with Crippen molar-refractivity contribution < 1.29 is 9.53 Å². The zero-order chi connectivity index (χ0) is 13.7. The Labute approximate surface area is 117 Å². The third kappa shape index (κ3) is 3.85. The van der Waals surface area contributed by atoms with Gasteiger partial charge >= 0.3 is 0 Å². The molecule has 0 radical (unpaired) electrons. The average molecular weight is 291 g/mol. The van der Waals surface area contributed by atoms with Crippen LogP contribution in [0.4, 0.5) is 0 Å². The molecular weight excluding hydrogens is 275 g/mol. The predicted molar refractivity (Wildman–Crippen MR) is 72.9 cm³/mol. The molecule has 1 aromatic carbocycles. The van der Waals surface area contributed by atoms with Crippen molar-refractivity contribution >= 4 is 29.1 Å². The Morgan fingerprint density at radius 3 is 2.67 bits per heavy atom. The van der Waals surface area contributed by atoms with Gasteiger partial charge in [-0.25, -0.2) is 0 Å². The van der Waals surface area contributed by atoms with Crippen LogP contribution in [0.2, 0.25) is 10.0 Å². The number of nitrogens with two attached hydrogens (primary N) is 1. The molecule has 4 nitrogen and oxygen atoms in total. The van der Waals surface area contributed by atoms with E-state index in [0.717, 1.165) is 0 Å². The maximum atomic E-state index is 12.0. The molecule has 0 fully saturated rings. The van der Waals surface area contributed by atoms with Gasteiger partial charge in [0.05, 0.1) is 16.7 Å². The van der Waals surface area contributed by atoms with E-state index in [9.17, 15) is 4.79 Å². The van der Waals surface area contributed by atoms with Crippen molar-refractivity contribution in [2.45, 2.75) is 6.04 Å². The zero-order valence-corrected chi connectivity index (χ0v) is 11.8. The van der Waals surface area contributed by atoms with Crippen LogP contribution >= 0.6 is 23.2 Å². The van der Waals surface area contributed by atoms with E-state index in [1.807, 2.05) is 0 Å². The fraction of sp³-hybridized carbons (Fsp3) is 0.417. The molecule has 0 heterocycles. The van der Waals surface area contributed by atoms with Gasteiger partial charge in [0.1, 0.15) is 6.04 Å². The first-order valence-electron chi connectivity index (χ1n) is 5.41. The minimum Gasteiger partial charge on any atom is -0.383 e. The molecule has 100 valence electrons. The van der Waals surface area contributed by atoms with E-state index < -0.39 is 6.04 Å².